The minimum atomic E-state index is -0.595. The number of rotatable bonds is 7. The molecule has 2 saturated heterocycles. The molecule has 1 aromatic heterocycles. The number of pyridine rings is 1. The van der Waals surface area contributed by atoms with Crippen LogP contribution in [0, 0.1) is 0 Å². The van der Waals surface area contributed by atoms with Gasteiger partial charge < -0.3 is 20.1 Å². The summed E-state index contributed by atoms with van der Waals surface area (Å²) in [5.74, 6) is 0.126. The molecule has 5 atom stereocenters. The Morgan fingerprint density at radius 2 is 1.92 bits per heavy atom. The number of aromatic nitrogens is 1. The number of halogens is 2. The monoisotopic (exact) mass is 559 g/mol. The third-order valence-corrected chi connectivity index (χ3v) is 8.02. The zero-order chi connectivity index (χ0) is 25.3. The van der Waals surface area contributed by atoms with E-state index < -0.39 is 6.10 Å². The van der Waals surface area contributed by atoms with Crippen LogP contribution in [0.3, 0.4) is 0 Å². The molecule has 2 fully saturated rings. The Bertz CT molecular complexity index is 895. The van der Waals surface area contributed by atoms with E-state index in [2.05, 4.69) is 61.6 Å². The van der Waals surface area contributed by atoms with Gasteiger partial charge in [0, 0.05) is 67.5 Å². The van der Waals surface area contributed by atoms with E-state index in [-0.39, 0.29) is 42.2 Å². The number of fused-ring (bicyclic) bond motifs is 1. The number of nitrogens with one attached hydrogen (secondary N) is 1. The number of aliphatic hydroxyl groups is 1. The van der Waals surface area contributed by atoms with Gasteiger partial charge in [-0.15, -0.1) is 24.8 Å². The first-order valence-corrected chi connectivity index (χ1v) is 13.4. The molecule has 8 nitrogen and oxygen atoms in total. The molecule has 37 heavy (non-hydrogen) atoms. The number of carbonyl (C=O) groups excluding carboxylic acids is 1. The number of aliphatic hydroxyl groups excluding tert-OH is 1. The standard InChI is InChI=1S/C27H45N5O3.2ClH/c1-7-8-25(33)23-9-24-22(11-29-23)27(5,6)17-32(24)26(34)14-30-12-18(2)28-10-21(30)13-31-19(3)15-35-16-20(31)4;;/h9,11,18-21,25,28,33H,7-8,10,12-17H2,1-6H3;2*1H/t18-,19-,20-,21-,25?;;/m1../s1. The summed E-state index contributed by atoms with van der Waals surface area (Å²) < 4.78 is 5.73. The number of morpholine rings is 1. The van der Waals surface area contributed by atoms with Gasteiger partial charge >= 0.3 is 0 Å². The molecule has 1 aromatic rings. The summed E-state index contributed by atoms with van der Waals surface area (Å²) in [6, 6.07) is 3.32. The zero-order valence-electron chi connectivity index (χ0n) is 23.3. The SMILES string of the molecule is CCCC(O)c1cc2c(cn1)C(C)(C)CN2C(=O)CN1C[C@@H](C)NC[C@@H]1CN1[C@H](C)COC[C@H]1C.Cl.Cl. The van der Waals surface area contributed by atoms with Crippen molar-refractivity contribution in [3.05, 3.63) is 23.5 Å². The van der Waals surface area contributed by atoms with Gasteiger partial charge in [-0.1, -0.05) is 27.2 Å². The molecule has 212 valence electrons. The Labute approximate surface area is 235 Å². The Kier molecular flexibility index (Phi) is 11.6. The minimum Gasteiger partial charge on any atom is -0.387 e. The first kappa shape index (κ1) is 32.2. The van der Waals surface area contributed by atoms with Crippen LogP contribution in [0.5, 0.6) is 0 Å². The highest BCUT2D eigenvalue weighted by atomic mass is 35.5. The fourth-order valence-corrected chi connectivity index (χ4v) is 5.90. The lowest BCUT2D eigenvalue weighted by Crippen LogP contribution is -2.63. The topological polar surface area (TPSA) is 81.2 Å². The summed E-state index contributed by atoms with van der Waals surface area (Å²) in [6.45, 7) is 18.3. The largest absolute Gasteiger partial charge is 0.387 e. The molecule has 1 unspecified atom stereocenters. The summed E-state index contributed by atoms with van der Waals surface area (Å²) in [6.07, 6.45) is 2.83. The number of ether oxygens (including phenoxy) is 1. The average molecular weight is 561 g/mol. The van der Waals surface area contributed by atoms with E-state index in [1.165, 1.54) is 0 Å². The molecule has 0 aliphatic carbocycles. The second kappa shape index (κ2) is 13.4. The number of anilines is 1. The smallest absolute Gasteiger partial charge is 0.241 e. The summed E-state index contributed by atoms with van der Waals surface area (Å²) >= 11 is 0. The summed E-state index contributed by atoms with van der Waals surface area (Å²) in [7, 11) is 0. The van der Waals surface area contributed by atoms with Gasteiger partial charge in [0.2, 0.25) is 5.91 Å². The quantitative estimate of drug-likeness (QED) is 0.531. The van der Waals surface area contributed by atoms with Crippen molar-refractivity contribution in [3.63, 3.8) is 0 Å². The maximum atomic E-state index is 13.8. The van der Waals surface area contributed by atoms with Crippen molar-refractivity contribution in [2.75, 3.05) is 50.8 Å². The van der Waals surface area contributed by atoms with Crippen molar-refractivity contribution >= 4 is 36.4 Å². The number of hydrogen-bond donors (Lipinski definition) is 2. The third-order valence-electron chi connectivity index (χ3n) is 8.02. The first-order valence-electron chi connectivity index (χ1n) is 13.4. The summed E-state index contributed by atoms with van der Waals surface area (Å²) in [5.41, 5.74) is 2.49. The minimum absolute atomic E-state index is 0. The fraction of sp³-hybridized carbons (Fsp3) is 0.778. The zero-order valence-corrected chi connectivity index (χ0v) is 24.9. The molecular formula is C27H47Cl2N5O3. The van der Waals surface area contributed by atoms with E-state index in [9.17, 15) is 9.90 Å². The van der Waals surface area contributed by atoms with Crippen molar-refractivity contribution in [1.29, 1.82) is 0 Å². The Hall–Kier alpha value is -1.00. The lowest BCUT2D eigenvalue weighted by atomic mass is 9.88. The van der Waals surface area contributed by atoms with Crippen LogP contribution in [-0.4, -0.2) is 95.9 Å². The van der Waals surface area contributed by atoms with Crippen molar-refractivity contribution in [1.82, 2.24) is 20.1 Å². The molecule has 2 N–H and O–H groups in total. The van der Waals surface area contributed by atoms with Gasteiger partial charge in [0.25, 0.3) is 0 Å². The van der Waals surface area contributed by atoms with Gasteiger partial charge in [0.1, 0.15) is 0 Å². The fourth-order valence-electron chi connectivity index (χ4n) is 5.90. The molecule has 4 rings (SSSR count). The van der Waals surface area contributed by atoms with Crippen LogP contribution in [-0.2, 0) is 14.9 Å². The van der Waals surface area contributed by atoms with Crippen LogP contribution in [0.1, 0.15) is 71.7 Å². The van der Waals surface area contributed by atoms with E-state index in [1.54, 1.807) is 0 Å². The van der Waals surface area contributed by atoms with E-state index >= 15 is 0 Å². The van der Waals surface area contributed by atoms with Crippen LogP contribution >= 0.6 is 24.8 Å². The molecule has 10 heteroatoms. The Balaban J connectivity index is 0.00000241. The highest BCUT2D eigenvalue weighted by Gasteiger charge is 2.40. The first-order chi connectivity index (χ1) is 16.6. The lowest BCUT2D eigenvalue weighted by molar-refractivity contribution is -0.121. The van der Waals surface area contributed by atoms with Crippen LogP contribution in [0.2, 0.25) is 0 Å². The van der Waals surface area contributed by atoms with Gasteiger partial charge in [0.05, 0.1) is 37.2 Å². The van der Waals surface area contributed by atoms with Crippen LogP contribution in [0.25, 0.3) is 0 Å². The second-order valence-electron chi connectivity index (χ2n) is 11.6. The van der Waals surface area contributed by atoms with Gasteiger partial charge in [-0.05, 0) is 33.3 Å². The molecule has 0 spiro atoms. The van der Waals surface area contributed by atoms with Gasteiger partial charge in [-0.25, -0.2) is 0 Å². The number of amides is 1. The predicted molar refractivity (Wildman–Crippen MR) is 153 cm³/mol. The van der Waals surface area contributed by atoms with E-state index in [1.807, 2.05) is 17.2 Å². The highest BCUT2D eigenvalue weighted by molar-refractivity contribution is 5.97. The highest BCUT2D eigenvalue weighted by Crippen LogP contribution is 2.41. The van der Waals surface area contributed by atoms with E-state index in [4.69, 9.17) is 4.74 Å². The molecule has 0 radical (unpaired) electrons. The average Bonchev–Trinajstić information content (AvgIpc) is 3.08. The van der Waals surface area contributed by atoms with Crippen molar-refractivity contribution in [2.24, 2.45) is 0 Å². The maximum absolute atomic E-state index is 13.8. The summed E-state index contributed by atoms with van der Waals surface area (Å²) in [5, 5.41) is 14.2. The van der Waals surface area contributed by atoms with Crippen LogP contribution < -0.4 is 10.2 Å². The second-order valence-corrected chi connectivity index (χ2v) is 11.6. The van der Waals surface area contributed by atoms with Crippen LogP contribution in [0.15, 0.2) is 12.3 Å². The van der Waals surface area contributed by atoms with Crippen molar-refractivity contribution < 1.29 is 14.6 Å². The molecule has 0 bridgehead atoms. The molecule has 1 amide bonds. The van der Waals surface area contributed by atoms with E-state index in [0.29, 0.717) is 43.3 Å². The van der Waals surface area contributed by atoms with Gasteiger partial charge in [-0.2, -0.15) is 0 Å². The third kappa shape index (κ3) is 7.15. The predicted octanol–water partition coefficient (Wildman–Crippen LogP) is 3.15. The number of nitrogens with zero attached hydrogens (tertiary/aromatic N) is 4. The molecule has 3 aliphatic rings. The Morgan fingerprint density at radius 1 is 1.24 bits per heavy atom. The van der Waals surface area contributed by atoms with E-state index in [0.717, 1.165) is 50.5 Å². The van der Waals surface area contributed by atoms with Crippen LogP contribution in [0.4, 0.5) is 5.69 Å². The lowest BCUT2D eigenvalue weighted by Gasteiger charge is -2.46. The van der Waals surface area contributed by atoms with Gasteiger partial charge in [0.15, 0.2) is 0 Å². The molecular weight excluding hydrogens is 513 g/mol. The maximum Gasteiger partial charge on any atom is 0.241 e. The molecule has 0 saturated carbocycles. The number of carbonyl (C=O) groups is 1. The molecule has 3 aliphatic heterocycles. The van der Waals surface area contributed by atoms with Crippen molar-refractivity contribution in [2.45, 2.75) is 90.1 Å². The van der Waals surface area contributed by atoms with Gasteiger partial charge in [-0.3, -0.25) is 19.6 Å². The summed E-state index contributed by atoms with van der Waals surface area (Å²) in [4.78, 5) is 25.2. The number of hydrogen-bond acceptors (Lipinski definition) is 7. The Morgan fingerprint density at radius 3 is 2.57 bits per heavy atom. The molecule has 4 heterocycles. The normalized spacial score (nSPS) is 28.7. The van der Waals surface area contributed by atoms with Crippen molar-refractivity contribution in [3.8, 4) is 0 Å². The number of piperazine rings is 1. The molecule has 0 aromatic carbocycles.